The van der Waals surface area contributed by atoms with Gasteiger partial charge in [0.05, 0.1) is 23.3 Å². The topological polar surface area (TPSA) is 102 Å². The van der Waals surface area contributed by atoms with Crippen LogP contribution in [0.5, 0.6) is 5.75 Å². The first kappa shape index (κ1) is 24.0. The summed E-state index contributed by atoms with van der Waals surface area (Å²) < 4.78 is 10.3. The molecule has 1 aliphatic rings. The van der Waals surface area contributed by atoms with Gasteiger partial charge in [0.1, 0.15) is 11.8 Å². The van der Waals surface area contributed by atoms with Gasteiger partial charge in [0.2, 0.25) is 0 Å². The monoisotopic (exact) mass is 492 g/mol. The number of carbonyl (C=O) groups is 4. The maximum absolute atomic E-state index is 13.1. The van der Waals surface area contributed by atoms with Crippen LogP contribution in [0.2, 0.25) is 5.02 Å². The van der Waals surface area contributed by atoms with Crippen molar-refractivity contribution in [3.63, 3.8) is 0 Å². The standard InChI is InChI=1S/C26H21ClN2O6/c1-34-22-12-11-17(14-20(22)27)28-23(30)15-35-26(33)21(13-16-7-3-2-4-8-16)29-24(31)18-9-5-6-10-19(18)25(29)32/h2-12,14,21H,13,15H2,1H3,(H,28,30)/t21-/m1/s1. The van der Waals surface area contributed by atoms with Gasteiger partial charge in [-0.15, -0.1) is 0 Å². The third-order valence-electron chi connectivity index (χ3n) is 5.46. The first-order valence-electron chi connectivity index (χ1n) is 10.7. The van der Waals surface area contributed by atoms with E-state index in [4.69, 9.17) is 21.1 Å². The maximum atomic E-state index is 13.1. The van der Waals surface area contributed by atoms with Gasteiger partial charge < -0.3 is 14.8 Å². The van der Waals surface area contributed by atoms with Crippen LogP contribution in [0.1, 0.15) is 26.3 Å². The summed E-state index contributed by atoms with van der Waals surface area (Å²) in [5.74, 6) is -2.20. The minimum absolute atomic E-state index is 0.0425. The number of rotatable bonds is 8. The van der Waals surface area contributed by atoms with Gasteiger partial charge in [-0.25, -0.2) is 4.79 Å². The lowest BCUT2D eigenvalue weighted by Crippen LogP contribution is -2.47. The fourth-order valence-electron chi connectivity index (χ4n) is 3.78. The van der Waals surface area contributed by atoms with Crippen molar-refractivity contribution in [2.24, 2.45) is 0 Å². The van der Waals surface area contributed by atoms with E-state index in [9.17, 15) is 19.2 Å². The summed E-state index contributed by atoms with van der Waals surface area (Å²) in [5, 5.41) is 2.88. The van der Waals surface area contributed by atoms with E-state index in [1.165, 1.54) is 25.3 Å². The fourth-order valence-corrected chi connectivity index (χ4v) is 4.04. The molecule has 3 aromatic carbocycles. The highest BCUT2D eigenvalue weighted by atomic mass is 35.5. The molecule has 1 heterocycles. The van der Waals surface area contributed by atoms with Gasteiger partial charge in [0.15, 0.2) is 6.61 Å². The SMILES string of the molecule is COc1ccc(NC(=O)COC(=O)[C@@H](Cc2ccccc2)N2C(=O)c3ccccc3C2=O)cc1Cl. The van der Waals surface area contributed by atoms with E-state index >= 15 is 0 Å². The van der Waals surface area contributed by atoms with Crippen LogP contribution in [0.25, 0.3) is 0 Å². The summed E-state index contributed by atoms with van der Waals surface area (Å²) in [5.41, 5.74) is 1.55. The number of anilines is 1. The number of halogens is 1. The average Bonchev–Trinajstić information content (AvgIpc) is 3.12. The lowest BCUT2D eigenvalue weighted by atomic mass is 10.0. The zero-order valence-corrected chi connectivity index (χ0v) is 19.5. The highest BCUT2D eigenvalue weighted by Gasteiger charge is 2.43. The van der Waals surface area contributed by atoms with Crippen molar-refractivity contribution in [1.29, 1.82) is 0 Å². The summed E-state index contributed by atoms with van der Waals surface area (Å²) >= 11 is 6.07. The second-order valence-electron chi connectivity index (χ2n) is 7.74. The molecule has 4 rings (SSSR count). The number of hydrogen-bond donors (Lipinski definition) is 1. The number of methoxy groups -OCH3 is 1. The normalized spacial score (nSPS) is 13.3. The van der Waals surface area contributed by atoms with Gasteiger partial charge in [-0.05, 0) is 35.9 Å². The fraction of sp³-hybridized carbons (Fsp3) is 0.154. The number of ether oxygens (including phenoxy) is 2. The highest BCUT2D eigenvalue weighted by Crippen LogP contribution is 2.28. The molecule has 178 valence electrons. The molecular formula is C26H21ClN2O6. The van der Waals surface area contributed by atoms with Gasteiger partial charge in [0.25, 0.3) is 17.7 Å². The summed E-state index contributed by atoms with van der Waals surface area (Å²) in [4.78, 5) is 52.4. The summed E-state index contributed by atoms with van der Waals surface area (Å²) in [6.45, 7) is -0.614. The van der Waals surface area contributed by atoms with Crippen LogP contribution in [-0.4, -0.2) is 48.3 Å². The third-order valence-corrected chi connectivity index (χ3v) is 5.76. The Morgan fingerprint density at radius 2 is 1.57 bits per heavy atom. The third kappa shape index (κ3) is 5.17. The predicted molar refractivity (Wildman–Crippen MR) is 128 cm³/mol. The molecule has 0 spiro atoms. The number of esters is 1. The van der Waals surface area contributed by atoms with Gasteiger partial charge >= 0.3 is 5.97 Å². The number of amides is 3. The molecule has 0 saturated carbocycles. The number of carbonyl (C=O) groups excluding carboxylic acids is 4. The minimum Gasteiger partial charge on any atom is -0.495 e. The molecule has 0 bridgehead atoms. The van der Waals surface area contributed by atoms with Gasteiger partial charge in [-0.3, -0.25) is 19.3 Å². The van der Waals surface area contributed by atoms with Gasteiger partial charge in [-0.2, -0.15) is 0 Å². The summed E-state index contributed by atoms with van der Waals surface area (Å²) in [6, 6.07) is 18.7. The predicted octanol–water partition coefficient (Wildman–Crippen LogP) is 3.74. The molecule has 0 fully saturated rings. The van der Waals surface area contributed by atoms with Crippen molar-refractivity contribution in [1.82, 2.24) is 4.90 Å². The van der Waals surface area contributed by atoms with Crippen molar-refractivity contribution in [3.8, 4) is 5.75 Å². The van der Waals surface area contributed by atoms with Gasteiger partial charge in [0, 0.05) is 12.1 Å². The van der Waals surface area contributed by atoms with Crippen molar-refractivity contribution < 1.29 is 28.7 Å². The quantitative estimate of drug-likeness (QED) is 0.379. The van der Waals surface area contributed by atoms with E-state index < -0.39 is 36.3 Å². The molecule has 0 aliphatic carbocycles. The van der Waals surface area contributed by atoms with E-state index in [2.05, 4.69) is 5.32 Å². The van der Waals surface area contributed by atoms with Crippen LogP contribution in [0, 0.1) is 0 Å². The molecule has 3 aromatic rings. The molecule has 1 aliphatic heterocycles. The molecule has 1 atom stereocenters. The van der Waals surface area contributed by atoms with E-state index in [-0.39, 0.29) is 17.5 Å². The Balaban J connectivity index is 1.49. The Kier molecular flexibility index (Phi) is 7.12. The van der Waals surface area contributed by atoms with E-state index in [1.807, 2.05) is 6.07 Å². The molecule has 9 heteroatoms. The number of benzene rings is 3. The molecule has 8 nitrogen and oxygen atoms in total. The van der Waals surface area contributed by atoms with E-state index in [1.54, 1.807) is 48.5 Å². The van der Waals surface area contributed by atoms with Crippen LogP contribution < -0.4 is 10.1 Å². The lowest BCUT2D eigenvalue weighted by Gasteiger charge is -2.24. The molecule has 0 unspecified atom stereocenters. The Labute approximate surface area is 206 Å². The Morgan fingerprint density at radius 3 is 2.17 bits per heavy atom. The number of fused-ring (bicyclic) bond motifs is 1. The minimum atomic E-state index is -1.24. The zero-order chi connectivity index (χ0) is 24.9. The van der Waals surface area contributed by atoms with Crippen molar-refractivity contribution in [2.45, 2.75) is 12.5 Å². The number of nitrogens with zero attached hydrogens (tertiary/aromatic N) is 1. The summed E-state index contributed by atoms with van der Waals surface area (Å²) in [6.07, 6.45) is 0.0425. The highest BCUT2D eigenvalue weighted by molar-refractivity contribution is 6.32. The van der Waals surface area contributed by atoms with Crippen LogP contribution in [0.4, 0.5) is 5.69 Å². The number of imide groups is 1. The molecule has 0 aromatic heterocycles. The molecule has 3 amide bonds. The van der Waals surface area contributed by atoms with Crippen molar-refractivity contribution >= 4 is 41.0 Å². The second-order valence-corrected chi connectivity index (χ2v) is 8.14. The summed E-state index contributed by atoms with van der Waals surface area (Å²) in [7, 11) is 1.47. The van der Waals surface area contributed by atoms with E-state index in [0.717, 1.165) is 10.5 Å². The maximum Gasteiger partial charge on any atom is 0.330 e. The molecular weight excluding hydrogens is 472 g/mol. The first-order valence-corrected chi connectivity index (χ1v) is 11.1. The van der Waals surface area contributed by atoms with Crippen LogP contribution in [0.15, 0.2) is 72.8 Å². The Hall–Kier alpha value is -4.17. The molecule has 0 saturated heterocycles. The van der Waals surface area contributed by atoms with Crippen molar-refractivity contribution in [2.75, 3.05) is 19.0 Å². The van der Waals surface area contributed by atoms with Gasteiger partial charge in [-0.1, -0.05) is 54.1 Å². The lowest BCUT2D eigenvalue weighted by molar-refractivity contribution is -0.151. The van der Waals surface area contributed by atoms with Crippen molar-refractivity contribution in [3.05, 3.63) is 94.5 Å². The smallest absolute Gasteiger partial charge is 0.330 e. The zero-order valence-electron chi connectivity index (χ0n) is 18.7. The van der Waals surface area contributed by atoms with Crippen LogP contribution >= 0.6 is 11.6 Å². The second kappa shape index (κ2) is 10.4. The van der Waals surface area contributed by atoms with E-state index in [0.29, 0.717) is 16.5 Å². The Bertz CT molecular complexity index is 1260. The largest absolute Gasteiger partial charge is 0.495 e. The first-order chi connectivity index (χ1) is 16.9. The Morgan fingerprint density at radius 1 is 0.943 bits per heavy atom. The number of hydrogen-bond acceptors (Lipinski definition) is 6. The molecule has 35 heavy (non-hydrogen) atoms. The van der Waals surface area contributed by atoms with Crippen LogP contribution in [-0.2, 0) is 20.7 Å². The average molecular weight is 493 g/mol. The van der Waals surface area contributed by atoms with Crippen LogP contribution in [0.3, 0.4) is 0 Å². The molecule has 0 radical (unpaired) electrons. The number of nitrogens with one attached hydrogen (secondary N) is 1. The molecule has 1 N–H and O–H groups in total.